The van der Waals surface area contributed by atoms with Crippen molar-refractivity contribution in [2.75, 3.05) is 0 Å². The molecule has 114 valence electrons. The van der Waals surface area contributed by atoms with E-state index in [9.17, 15) is 0 Å². The Morgan fingerprint density at radius 1 is 0.650 bits per heavy atom. The standard InChI is InChI=1S/C12H24B2O6/c1-7-8(2)16-13(15-7)19-11(5)12(6)20-14-17-9(3)10(4)18-14/h7-12H,1-6H3. The van der Waals surface area contributed by atoms with Crippen molar-refractivity contribution in [3.05, 3.63) is 0 Å². The zero-order valence-corrected chi connectivity index (χ0v) is 13.1. The van der Waals surface area contributed by atoms with Crippen LogP contribution < -0.4 is 0 Å². The molecule has 0 radical (unpaired) electrons. The molecule has 2 saturated heterocycles. The van der Waals surface area contributed by atoms with E-state index in [-0.39, 0.29) is 36.6 Å². The van der Waals surface area contributed by atoms with Gasteiger partial charge in [-0.3, -0.25) is 0 Å². The second-order valence-corrected chi connectivity index (χ2v) is 5.62. The van der Waals surface area contributed by atoms with Crippen molar-refractivity contribution in [2.45, 2.75) is 78.2 Å². The van der Waals surface area contributed by atoms with E-state index in [2.05, 4.69) is 0 Å². The maximum absolute atomic E-state index is 5.70. The molecule has 0 aliphatic carbocycles. The summed E-state index contributed by atoms with van der Waals surface area (Å²) in [5, 5.41) is 0. The van der Waals surface area contributed by atoms with Gasteiger partial charge in [0, 0.05) is 0 Å². The van der Waals surface area contributed by atoms with Gasteiger partial charge in [0.1, 0.15) is 0 Å². The molecule has 6 atom stereocenters. The van der Waals surface area contributed by atoms with Gasteiger partial charge in [-0.25, -0.2) is 0 Å². The van der Waals surface area contributed by atoms with Crippen molar-refractivity contribution in [2.24, 2.45) is 0 Å². The molecule has 2 aliphatic rings. The molecular weight excluding hydrogens is 262 g/mol. The summed E-state index contributed by atoms with van der Waals surface area (Å²) in [7, 11) is -1.27. The summed E-state index contributed by atoms with van der Waals surface area (Å²) < 4.78 is 33.5. The molecule has 2 rings (SSSR count). The first-order valence-electron chi connectivity index (χ1n) is 7.29. The van der Waals surface area contributed by atoms with Gasteiger partial charge >= 0.3 is 14.6 Å². The molecule has 0 N–H and O–H groups in total. The minimum Gasteiger partial charge on any atom is -0.381 e. The van der Waals surface area contributed by atoms with Crippen LogP contribution in [-0.4, -0.2) is 51.3 Å². The van der Waals surface area contributed by atoms with Crippen LogP contribution in [0.5, 0.6) is 0 Å². The molecule has 20 heavy (non-hydrogen) atoms. The fraction of sp³-hybridized carbons (Fsp3) is 1.00. The predicted octanol–water partition coefficient (Wildman–Crippen LogP) is 1.41. The Bertz CT molecular complexity index is 270. The molecule has 0 aromatic rings. The van der Waals surface area contributed by atoms with E-state index >= 15 is 0 Å². The van der Waals surface area contributed by atoms with Crippen LogP contribution >= 0.6 is 0 Å². The van der Waals surface area contributed by atoms with Crippen LogP contribution in [0.1, 0.15) is 41.5 Å². The largest absolute Gasteiger partial charge is 0.640 e. The van der Waals surface area contributed by atoms with Gasteiger partial charge in [-0.05, 0) is 41.5 Å². The lowest BCUT2D eigenvalue weighted by molar-refractivity contribution is 0.0112. The second-order valence-electron chi connectivity index (χ2n) is 5.62. The van der Waals surface area contributed by atoms with Crippen LogP contribution in [0.3, 0.4) is 0 Å². The maximum Gasteiger partial charge on any atom is 0.640 e. The fourth-order valence-corrected chi connectivity index (χ4v) is 1.91. The molecule has 0 aromatic carbocycles. The number of hydrogen-bond acceptors (Lipinski definition) is 6. The quantitative estimate of drug-likeness (QED) is 0.712. The summed E-state index contributed by atoms with van der Waals surface area (Å²) in [6.45, 7) is 11.7. The van der Waals surface area contributed by atoms with Crippen LogP contribution in [0, 0.1) is 0 Å². The Morgan fingerprint density at radius 2 is 0.900 bits per heavy atom. The van der Waals surface area contributed by atoms with E-state index in [0.717, 1.165) is 0 Å². The molecule has 2 aliphatic heterocycles. The van der Waals surface area contributed by atoms with Gasteiger partial charge in [0.25, 0.3) is 0 Å². The van der Waals surface area contributed by atoms with Crippen molar-refractivity contribution in [3.63, 3.8) is 0 Å². The number of rotatable bonds is 5. The van der Waals surface area contributed by atoms with Crippen molar-refractivity contribution in [3.8, 4) is 0 Å². The molecule has 0 amide bonds. The van der Waals surface area contributed by atoms with Crippen LogP contribution in [0.25, 0.3) is 0 Å². The lowest BCUT2D eigenvalue weighted by Gasteiger charge is -2.23. The molecule has 0 saturated carbocycles. The smallest absolute Gasteiger partial charge is 0.381 e. The highest BCUT2D eigenvalue weighted by Crippen LogP contribution is 2.21. The molecule has 8 heteroatoms. The third-order valence-electron chi connectivity index (χ3n) is 3.94. The summed E-state index contributed by atoms with van der Waals surface area (Å²) in [5.41, 5.74) is 0. The van der Waals surface area contributed by atoms with Crippen LogP contribution in [-0.2, 0) is 27.9 Å². The average molecular weight is 286 g/mol. The zero-order chi connectivity index (χ0) is 14.9. The first kappa shape index (κ1) is 16.3. The molecule has 2 heterocycles. The van der Waals surface area contributed by atoms with Gasteiger partial charge in [-0.1, -0.05) is 0 Å². The van der Waals surface area contributed by atoms with Crippen LogP contribution in [0.2, 0.25) is 0 Å². The van der Waals surface area contributed by atoms with Gasteiger partial charge in [-0.15, -0.1) is 0 Å². The molecule has 6 nitrogen and oxygen atoms in total. The van der Waals surface area contributed by atoms with Crippen molar-refractivity contribution >= 4 is 14.6 Å². The Kier molecular flexibility index (Phi) is 5.50. The predicted molar refractivity (Wildman–Crippen MR) is 74.8 cm³/mol. The molecule has 2 fully saturated rings. The number of hydrogen-bond donors (Lipinski definition) is 0. The molecule has 6 unspecified atom stereocenters. The lowest BCUT2D eigenvalue weighted by atomic mass is 10.1. The van der Waals surface area contributed by atoms with E-state index < -0.39 is 14.6 Å². The van der Waals surface area contributed by atoms with Crippen LogP contribution in [0.4, 0.5) is 0 Å². The summed E-state index contributed by atoms with van der Waals surface area (Å²) >= 11 is 0. The SMILES string of the molecule is CC1OB(OC(C)C(C)OB2OC(C)C(C)O2)OC1C. The Hall–Kier alpha value is -0.110. The van der Waals surface area contributed by atoms with E-state index in [4.69, 9.17) is 27.9 Å². The summed E-state index contributed by atoms with van der Waals surface area (Å²) in [4.78, 5) is 0. The highest BCUT2D eigenvalue weighted by atomic mass is 16.8. The Labute approximate surface area is 121 Å². The Balaban J connectivity index is 1.74. The van der Waals surface area contributed by atoms with Gasteiger partial charge in [0.2, 0.25) is 0 Å². The summed E-state index contributed by atoms with van der Waals surface area (Å²) in [6.07, 6.45) is -0.261. The van der Waals surface area contributed by atoms with Crippen molar-refractivity contribution in [1.82, 2.24) is 0 Å². The molecular formula is C12H24B2O6. The maximum atomic E-state index is 5.70. The van der Waals surface area contributed by atoms with E-state index in [1.165, 1.54) is 0 Å². The van der Waals surface area contributed by atoms with Crippen molar-refractivity contribution < 1.29 is 27.9 Å². The molecule has 0 spiro atoms. The Morgan fingerprint density at radius 3 is 1.15 bits per heavy atom. The molecule has 0 aromatic heterocycles. The van der Waals surface area contributed by atoms with E-state index in [1.54, 1.807) is 0 Å². The first-order chi connectivity index (χ1) is 9.36. The normalized spacial score (nSPS) is 37.5. The van der Waals surface area contributed by atoms with Crippen LogP contribution in [0.15, 0.2) is 0 Å². The monoisotopic (exact) mass is 286 g/mol. The minimum absolute atomic E-state index is 0.0339. The van der Waals surface area contributed by atoms with Gasteiger partial charge < -0.3 is 27.9 Å². The first-order valence-corrected chi connectivity index (χ1v) is 7.29. The summed E-state index contributed by atoms with van der Waals surface area (Å²) in [5.74, 6) is 0. The highest BCUT2D eigenvalue weighted by molar-refractivity contribution is 6.37. The average Bonchev–Trinajstić information content (AvgIpc) is 2.83. The second kappa shape index (κ2) is 6.77. The minimum atomic E-state index is -0.635. The fourth-order valence-electron chi connectivity index (χ4n) is 1.91. The third kappa shape index (κ3) is 3.96. The summed E-state index contributed by atoms with van der Waals surface area (Å²) in [6, 6.07) is 0. The van der Waals surface area contributed by atoms with Gasteiger partial charge in [-0.2, -0.15) is 0 Å². The van der Waals surface area contributed by atoms with E-state index in [0.29, 0.717) is 0 Å². The van der Waals surface area contributed by atoms with E-state index in [1.807, 2.05) is 41.5 Å². The lowest BCUT2D eigenvalue weighted by Crippen LogP contribution is -2.38. The van der Waals surface area contributed by atoms with Crippen molar-refractivity contribution in [1.29, 1.82) is 0 Å². The third-order valence-corrected chi connectivity index (χ3v) is 3.94. The molecule has 0 bridgehead atoms. The topological polar surface area (TPSA) is 55.4 Å². The zero-order valence-electron chi connectivity index (χ0n) is 13.1. The van der Waals surface area contributed by atoms with Gasteiger partial charge in [0.05, 0.1) is 36.6 Å². The van der Waals surface area contributed by atoms with Gasteiger partial charge in [0.15, 0.2) is 0 Å². The highest BCUT2D eigenvalue weighted by Gasteiger charge is 2.42.